The highest BCUT2D eigenvalue weighted by atomic mass is 31.2. The van der Waals surface area contributed by atoms with Crippen LogP contribution in [0, 0.1) is 0 Å². The third-order valence-corrected chi connectivity index (χ3v) is 17.4. The van der Waals surface area contributed by atoms with Gasteiger partial charge in [0.1, 0.15) is 13.2 Å². The molecule has 0 fully saturated rings. The first-order chi connectivity index (χ1) is 38.5. The van der Waals surface area contributed by atoms with E-state index in [1.54, 1.807) is 6.08 Å². The minimum absolute atomic E-state index is 0.0591. The van der Waals surface area contributed by atoms with E-state index in [-0.39, 0.29) is 19.1 Å². The predicted molar refractivity (Wildman–Crippen MR) is 346 cm³/mol. The lowest BCUT2D eigenvalue weighted by atomic mass is 10.0. The molecule has 9 heteroatoms. The van der Waals surface area contributed by atoms with Crippen molar-refractivity contribution in [2.24, 2.45) is 0 Å². The lowest BCUT2D eigenvalue weighted by Gasteiger charge is -2.25. The molecule has 0 aliphatic heterocycles. The predicted octanol–water partition coefficient (Wildman–Crippen LogP) is 22.3. The van der Waals surface area contributed by atoms with Gasteiger partial charge in [0, 0.05) is 6.42 Å². The number of nitrogens with zero attached hydrogens (tertiary/aromatic N) is 1. The van der Waals surface area contributed by atoms with Crippen molar-refractivity contribution in [2.45, 2.75) is 379 Å². The number of likely N-dealkylation sites (N-methyl/N-ethyl adjacent to an activating group) is 1. The van der Waals surface area contributed by atoms with Crippen LogP contribution in [-0.4, -0.2) is 73.4 Å². The number of phosphoric acid groups is 1. The normalized spacial score (nSPS) is 13.8. The maximum atomic E-state index is 13.0. The van der Waals surface area contributed by atoms with Gasteiger partial charge in [0.05, 0.1) is 39.9 Å². The minimum atomic E-state index is -4.36. The Labute approximate surface area is 494 Å². The number of carbonyl (C=O) groups is 1. The summed E-state index contributed by atoms with van der Waals surface area (Å²) in [5.74, 6) is -0.178. The van der Waals surface area contributed by atoms with E-state index < -0.39 is 20.0 Å². The standard InChI is InChI=1S/C70H139N2O6P/c1-6-8-10-12-14-16-18-20-22-24-26-28-30-32-34-35-36-37-38-39-41-43-45-47-49-51-53-55-57-59-61-63-69(73)68(67-78-79(75,76)77-66-65-72(3,4)5)71-70(74)64-62-60-58-56-54-52-50-48-46-44-42-40-33-31-29-27-25-23-21-19-17-15-13-11-9-7-2/h53,55,61,63,68-69,73H,6-52,54,56-60,62,64-67H2,1-5H3,(H-,71,74,75,76)/p+1/b55-53+,63-61+. The second-order valence-corrected chi connectivity index (χ2v) is 27.1. The maximum Gasteiger partial charge on any atom is 0.472 e. The van der Waals surface area contributed by atoms with Crippen molar-refractivity contribution in [3.05, 3.63) is 24.3 Å². The second-order valence-electron chi connectivity index (χ2n) is 25.6. The first-order valence-corrected chi connectivity index (χ1v) is 36.7. The van der Waals surface area contributed by atoms with Crippen LogP contribution >= 0.6 is 7.82 Å². The van der Waals surface area contributed by atoms with E-state index in [2.05, 4.69) is 31.3 Å². The minimum Gasteiger partial charge on any atom is -0.387 e. The summed E-state index contributed by atoms with van der Waals surface area (Å²) in [6.07, 6.45) is 80.5. The molecule has 0 radical (unpaired) electrons. The highest BCUT2D eigenvalue weighted by Gasteiger charge is 2.28. The van der Waals surface area contributed by atoms with Crippen molar-refractivity contribution in [2.75, 3.05) is 40.9 Å². The molecule has 0 aromatic carbocycles. The van der Waals surface area contributed by atoms with Gasteiger partial charge in [0.25, 0.3) is 0 Å². The van der Waals surface area contributed by atoms with E-state index in [1.807, 2.05) is 27.2 Å². The number of quaternary nitrogens is 1. The van der Waals surface area contributed by atoms with Gasteiger partial charge in [-0.2, -0.15) is 0 Å². The number of allylic oxidation sites excluding steroid dienone is 3. The van der Waals surface area contributed by atoms with Crippen molar-refractivity contribution in [1.82, 2.24) is 5.32 Å². The van der Waals surface area contributed by atoms with E-state index >= 15 is 0 Å². The van der Waals surface area contributed by atoms with Crippen LogP contribution in [0.2, 0.25) is 0 Å². The molecule has 3 atom stereocenters. The molecule has 0 saturated heterocycles. The van der Waals surface area contributed by atoms with Crippen LogP contribution in [0.25, 0.3) is 0 Å². The number of aliphatic hydroxyl groups is 1. The average Bonchev–Trinajstić information content (AvgIpc) is 3.42. The Balaban J connectivity index is 4.07. The van der Waals surface area contributed by atoms with Crippen LogP contribution in [0.1, 0.15) is 367 Å². The molecule has 0 aliphatic carbocycles. The summed E-state index contributed by atoms with van der Waals surface area (Å²) >= 11 is 0. The molecule has 8 nitrogen and oxygen atoms in total. The molecule has 0 heterocycles. The number of carbonyl (C=O) groups excluding carboxylic acids is 1. The van der Waals surface area contributed by atoms with Crippen molar-refractivity contribution in [3.63, 3.8) is 0 Å². The Bertz CT molecular complexity index is 1340. The second kappa shape index (κ2) is 61.5. The summed E-state index contributed by atoms with van der Waals surface area (Å²) in [7, 11) is 1.57. The van der Waals surface area contributed by atoms with E-state index in [1.165, 1.54) is 308 Å². The monoisotopic (exact) mass is 1140 g/mol. The molecule has 0 spiro atoms. The summed E-state index contributed by atoms with van der Waals surface area (Å²) in [4.78, 5) is 23.4. The zero-order valence-corrected chi connectivity index (χ0v) is 54.8. The SMILES string of the molecule is CCCCCCCCCCCCCCCCCCCCCCCCCCC/C=C/CC/C=C/C(O)C(COP(=O)(O)OCC[N+](C)(C)C)NC(=O)CCCCCCCCCCCCCCCCCCCCCCCCCCCC. The first kappa shape index (κ1) is 78.0. The summed E-state index contributed by atoms with van der Waals surface area (Å²) in [5.41, 5.74) is 0. The van der Waals surface area contributed by atoms with Gasteiger partial charge in [-0.15, -0.1) is 0 Å². The van der Waals surface area contributed by atoms with E-state index in [4.69, 9.17) is 9.05 Å². The van der Waals surface area contributed by atoms with E-state index in [0.717, 1.165) is 38.5 Å². The van der Waals surface area contributed by atoms with Crippen LogP contribution in [0.5, 0.6) is 0 Å². The van der Waals surface area contributed by atoms with Crippen molar-refractivity contribution in [3.8, 4) is 0 Å². The molecule has 3 unspecified atom stereocenters. The molecular weight excluding hydrogens is 996 g/mol. The quantitative estimate of drug-likeness (QED) is 0.0243. The topological polar surface area (TPSA) is 105 Å². The van der Waals surface area contributed by atoms with Crippen LogP contribution in [0.4, 0.5) is 0 Å². The summed E-state index contributed by atoms with van der Waals surface area (Å²) in [6, 6.07) is -0.862. The fourth-order valence-electron chi connectivity index (χ4n) is 10.9. The molecule has 0 aromatic rings. The lowest BCUT2D eigenvalue weighted by Crippen LogP contribution is -2.45. The fourth-order valence-corrected chi connectivity index (χ4v) is 11.7. The highest BCUT2D eigenvalue weighted by Crippen LogP contribution is 2.43. The molecule has 0 aromatic heterocycles. The Kier molecular flexibility index (Phi) is 60.7. The average molecular weight is 1140 g/mol. The van der Waals surface area contributed by atoms with Crippen LogP contribution in [0.15, 0.2) is 24.3 Å². The first-order valence-electron chi connectivity index (χ1n) is 35.2. The Morgan fingerprint density at radius 2 is 0.696 bits per heavy atom. The Morgan fingerprint density at radius 3 is 1.01 bits per heavy atom. The summed E-state index contributed by atoms with van der Waals surface area (Å²) in [5, 5.41) is 14.0. The zero-order valence-electron chi connectivity index (χ0n) is 53.9. The van der Waals surface area contributed by atoms with Gasteiger partial charge in [0.2, 0.25) is 5.91 Å². The third-order valence-electron chi connectivity index (χ3n) is 16.4. The Morgan fingerprint density at radius 1 is 0.418 bits per heavy atom. The van der Waals surface area contributed by atoms with Crippen LogP contribution < -0.4 is 5.32 Å². The molecule has 79 heavy (non-hydrogen) atoms. The molecule has 0 aliphatic rings. The number of aliphatic hydroxyl groups excluding tert-OH is 1. The van der Waals surface area contributed by atoms with Gasteiger partial charge in [-0.3, -0.25) is 13.8 Å². The van der Waals surface area contributed by atoms with Gasteiger partial charge in [-0.1, -0.05) is 353 Å². The van der Waals surface area contributed by atoms with Crippen molar-refractivity contribution in [1.29, 1.82) is 0 Å². The van der Waals surface area contributed by atoms with Crippen molar-refractivity contribution >= 4 is 13.7 Å². The van der Waals surface area contributed by atoms with Gasteiger partial charge < -0.3 is 19.8 Å². The molecule has 3 N–H and O–H groups in total. The van der Waals surface area contributed by atoms with E-state index in [9.17, 15) is 19.4 Å². The van der Waals surface area contributed by atoms with Gasteiger partial charge in [0.15, 0.2) is 0 Å². The van der Waals surface area contributed by atoms with Crippen molar-refractivity contribution < 1.29 is 32.9 Å². The fraction of sp³-hybridized carbons (Fsp3) is 0.929. The van der Waals surface area contributed by atoms with Crippen LogP contribution in [0.3, 0.4) is 0 Å². The Hall–Kier alpha value is -1.02. The molecule has 1 amide bonds. The highest BCUT2D eigenvalue weighted by molar-refractivity contribution is 7.47. The van der Waals surface area contributed by atoms with E-state index in [0.29, 0.717) is 17.4 Å². The largest absolute Gasteiger partial charge is 0.472 e. The molecule has 0 rings (SSSR count). The molecular formula is C70H140N2O6P+. The number of phosphoric ester groups is 1. The number of rotatable bonds is 66. The van der Waals surface area contributed by atoms with Crippen LogP contribution in [-0.2, 0) is 18.4 Å². The molecule has 470 valence electrons. The molecule has 0 saturated carbocycles. The number of unbranched alkanes of at least 4 members (excludes halogenated alkanes) is 51. The maximum absolute atomic E-state index is 13.0. The number of nitrogens with one attached hydrogen (secondary N) is 1. The summed E-state index contributed by atoms with van der Waals surface area (Å²) < 4.78 is 23.8. The smallest absolute Gasteiger partial charge is 0.387 e. The number of hydrogen-bond acceptors (Lipinski definition) is 5. The summed E-state index contributed by atoms with van der Waals surface area (Å²) in [6.45, 7) is 4.86. The number of hydrogen-bond donors (Lipinski definition) is 3. The van der Waals surface area contributed by atoms with Gasteiger partial charge in [-0.25, -0.2) is 4.57 Å². The zero-order chi connectivity index (χ0) is 57.7. The number of amides is 1. The van der Waals surface area contributed by atoms with Gasteiger partial charge in [-0.05, 0) is 32.1 Å². The molecule has 0 bridgehead atoms. The third kappa shape index (κ3) is 64.4. The van der Waals surface area contributed by atoms with Gasteiger partial charge >= 0.3 is 7.82 Å². The lowest BCUT2D eigenvalue weighted by molar-refractivity contribution is -0.870.